The second kappa shape index (κ2) is 3.85. The van der Waals surface area contributed by atoms with Crippen molar-refractivity contribution >= 4 is 11.6 Å². The molecular weight excluding hydrogens is 196 g/mol. The number of alkyl halides is 1. The van der Waals surface area contributed by atoms with Crippen LogP contribution >= 0.6 is 11.6 Å². The molecule has 3 heteroatoms. The van der Waals surface area contributed by atoms with E-state index in [1.54, 1.807) is 6.20 Å². The summed E-state index contributed by atoms with van der Waals surface area (Å²) in [4.78, 5) is 8.77. The molecule has 1 unspecified atom stereocenters. The molecule has 0 bridgehead atoms. The fraction of sp³-hybridized carbons (Fsp3) is 0.636. The maximum Gasteiger partial charge on any atom is 0.0633 e. The topological polar surface area (TPSA) is 25.8 Å². The maximum absolute atomic E-state index is 6.27. The van der Waals surface area contributed by atoms with Gasteiger partial charge in [-0.05, 0) is 32.6 Å². The first-order valence-corrected chi connectivity index (χ1v) is 5.53. The molecule has 1 fully saturated rings. The minimum absolute atomic E-state index is 0.254. The van der Waals surface area contributed by atoms with E-state index in [1.165, 1.54) is 12.8 Å². The van der Waals surface area contributed by atoms with Crippen LogP contribution < -0.4 is 0 Å². The third kappa shape index (κ3) is 2.24. The van der Waals surface area contributed by atoms with Crippen molar-refractivity contribution in [1.82, 2.24) is 9.97 Å². The van der Waals surface area contributed by atoms with Gasteiger partial charge in [-0.1, -0.05) is 0 Å². The van der Waals surface area contributed by atoms with E-state index >= 15 is 0 Å². The summed E-state index contributed by atoms with van der Waals surface area (Å²) >= 11 is 6.27. The predicted molar refractivity (Wildman–Crippen MR) is 57.6 cm³/mol. The zero-order chi connectivity index (χ0) is 10.1. The van der Waals surface area contributed by atoms with E-state index in [0.29, 0.717) is 0 Å². The summed E-state index contributed by atoms with van der Waals surface area (Å²) in [5.74, 6) is 0.721. The van der Waals surface area contributed by atoms with Gasteiger partial charge < -0.3 is 0 Å². The van der Waals surface area contributed by atoms with Gasteiger partial charge >= 0.3 is 0 Å². The highest BCUT2D eigenvalue weighted by molar-refractivity contribution is 6.21. The van der Waals surface area contributed by atoms with Crippen LogP contribution in [-0.2, 0) is 6.42 Å². The summed E-state index contributed by atoms with van der Waals surface area (Å²) in [6, 6.07) is 0. The molecule has 1 atom stereocenters. The Morgan fingerprint density at radius 2 is 2.21 bits per heavy atom. The largest absolute Gasteiger partial charge is 0.258 e. The Morgan fingerprint density at radius 1 is 1.50 bits per heavy atom. The van der Waals surface area contributed by atoms with Crippen molar-refractivity contribution in [2.45, 2.75) is 38.5 Å². The highest BCUT2D eigenvalue weighted by atomic mass is 35.5. The molecule has 1 aromatic heterocycles. The lowest BCUT2D eigenvalue weighted by Crippen LogP contribution is -2.10. The van der Waals surface area contributed by atoms with Crippen molar-refractivity contribution < 1.29 is 0 Å². The van der Waals surface area contributed by atoms with Gasteiger partial charge in [0.1, 0.15) is 0 Å². The van der Waals surface area contributed by atoms with Gasteiger partial charge in [-0.3, -0.25) is 9.97 Å². The normalized spacial score (nSPS) is 18.2. The summed E-state index contributed by atoms with van der Waals surface area (Å²) in [5.41, 5.74) is 3.06. The molecule has 0 aromatic carbocycles. The predicted octanol–water partition coefficient (Wildman–Crippen LogP) is 2.65. The summed E-state index contributed by atoms with van der Waals surface area (Å²) in [5, 5.41) is 0.254. The van der Waals surface area contributed by atoms with Crippen LogP contribution in [0.15, 0.2) is 6.20 Å². The van der Waals surface area contributed by atoms with E-state index < -0.39 is 0 Å². The molecule has 14 heavy (non-hydrogen) atoms. The van der Waals surface area contributed by atoms with E-state index in [9.17, 15) is 0 Å². The first-order chi connectivity index (χ1) is 6.66. The van der Waals surface area contributed by atoms with Crippen LogP contribution in [-0.4, -0.2) is 15.3 Å². The van der Waals surface area contributed by atoms with E-state index in [-0.39, 0.29) is 5.38 Å². The van der Waals surface area contributed by atoms with E-state index in [1.807, 2.05) is 13.8 Å². The van der Waals surface area contributed by atoms with Crippen molar-refractivity contribution in [3.8, 4) is 0 Å². The third-order valence-electron chi connectivity index (χ3n) is 2.70. The first kappa shape index (κ1) is 9.91. The fourth-order valence-corrected chi connectivity index (χ4v) is 1.99. The number of hydrogen-bond acceptors (Lipinski definition) is 2. The summed E-state index contributed by atoms with van der Waals surface area (Å²) in [6.45, 7) is 3.97. The second-order valence-electron chi connectivity index (χ2n) is 4.10. The van der Waals surface area contributed by atoms with Crippen LogP contribution in [0.2, 0.25) is 0 Å². The molecule has 0 saturated heterocycles. The van der Waals surface area contributed by atoms with Crippen molar-refractivity contribution in [2.75, 3.05) is 0 Å². The molecule has 2 rings (SSSR count). The fourth-order valence-electron chi connectivity index (χ4n) is 1.59. The molecule has 0 aliphatic heterocycles. The molecule has 1 aromatic rings. The van der Waals surface area contributed by atoms with Crippen LogP contribution in [0.5, 0.6) is 0 Å². The lowest BCUT2D eigenvalue weighted by molar-refractivity contribution is 0.713. The number of hydrogen-bond donors (Lipinski definition) is 0. The number of aryl methyl sites for hydroxylation is 2. The molecule has 0 amide bonds. The van der Waals surface area contributed by atoms with Gasteiger partial charge in [0, 0.05) is 18.0 Å². The lowest BCUT2D eigenvalue weighted by atomic mass is 10.1. The second-order valence-corrected chi connectivity index (χ2v) is 4.66. The van der Waals surface area contributed by atoms with Crippen LogP contribution in [0.4, 0.5) is 0 Å². The van der Waals surface area contributed by atoms with Crippen LogP contribution in [0, 0.1) is 19.8 Å². The SMILES string of the molecule is Cc1cnc(C)c(CC(Cl)C2CC2)n1. The minimum Gasteiger partial charge on any atom is -0.258 e. The van der Waals surface area contributed by atoms with Crippen molar-refractivity contribution in [3.63, 3.8) is 0 Å². The summed E-state index contributed by atoms with van der Waals surface area (Å²) in [6.07, 6.45) is 5.24. The molecule has 76 valence electrons. The van der Waals surface area contributed by atoms with Gasteiger partial charge in [0.05, 0.1) is 17.1 Å². The summed E-state index contributed by atoms with van der Waals surface area (Å²) < 4.78 is 0. The number of rotatable bonds is 3. The van der Waals surface area contributed by atoms with Gasteiger partial charge in [-0.15, -0.1) is 11.6 Å². The maximum atomic E-state index is 6.27. The Kier molecular flexibility index (Phi) is 2.73. The monoisotopic (exact) mass is 210 g/mol. The molecule has 0 radical (unpaired) electrons. The van der Waals surface area contributed by atoms with E-state index in [4.69, 9.17) is 11.6 Å². The standard InChI is InChI=1S/C11H15ClN2/c1-7-6-13-8(2)11(14-7)5-10(12)9-3-4-9/h6,9-10H,3-5H2,1-2H3. The van der Waals surface area contributed by atoms with Gasteiger partial charge in [0.25, 0.3) is 0 Å². The van der Waals surface area contributed by atoms with E-state index in [0.717, 1.165) is 29.4 Å². The minimum atomic E-state index is 0.254. The molecule has 0 N–H and O–H groups in total. The van der Waals surface area contributed by atoms with Crippen LogP contribution in [0.1, 0.15) is 29.9 Å². The van der Waals surface area contributed by atoms with Gasteiger partial charge in [-0.25, -0.2) is 0 Å². The Balaban J connectivity index is 2.10. The smallest absolute Gasteiger partial charge is 0.0633 e. The molecular formula is C11H15ClN2. The average Bonchev–Trinajstić information content (AvgIpc) is 2.94. The molecule has 0 spiro atoms. The lowest BCUT2D eigenvalue weighted by Gasteiger charge is -2.09. The van der Waals surface area contributed by atoms with Gasteiger partial charge in [-0.2, -0.15) is 0 Å². The van der Waals surface area contributed by atoms with Crippen molar-refractivity contribution in [2.24, 2.45) is 5.92 Å². The Hall–Kier alpha value is -0.630. The van der Waals surface area contributed by atoms with Crippen molar-refractivity contribution in [1.29, 1.82) is 0 Å². The quantitative estimate of drug-likeness (QED) is 0.717. The highest BCUT2D eigenvalue weighted by Crippen LogP contribution is 2.37. The molecule has 2 nitrogen and oxygen atoms in total. The number of halogens is 1. The van der Waals surface area contributed by atoms with Crippen molar-refractivity contribution in [3.05, 3.63) is 23.3 Å². The first-order valence-electron chi connectivity index (χ1n) is 5.10. The third-order valence-corrected chi connectivity index (χ3v) is 3.21. The van der Waals surface area contributed by atoms with Gasteiger partial charge in [0.2, 0.25) is 0 Å². The molecule has 1 aliphatic carbocycles. The molecule has 1 heterocycles. The number of nitrogens with zero attached hydrogens (tertiary/aromatic N) is 2. The zero-order valence-electron chi connectivity index (χ0n) is 8.63. The zero-order valence-corrected chi connectivity index (χ0v) is 9.38. The average molecular weight is 211 g/mol. The molecule has 1 aliphatic rings. The summed E-state index contributed by atoms with van der Waals surface area (Å²) in [7, 11) is 0. The van der Waals surface area contributed by atoms with Gasteiger partial charge in [0.15, 0.2) is 0 Å². The van der Waals surface area contributed by atoms with E-state index in [2.05, 4.69) is 9.97 Å². The van der Waals surface area contributed by atoms with Crippen LogP contribution in [0.25, 0.3) is 0 Å². The highest BCUT2D eigenvalue weighted by Gasteiger charge is 2.30. The Labute approximate surface area is 89.7 Å². The Morgan fingerprint density at radius 3 is 2.86 bits per heavy atom. The van der Waals surface area contributed by atoms with Crippen LogP contribution in [0.3, 0.4) is 0 Å². The number of aromatic nitrogens is 2. The Bertz CT molecular complexity index is 334. The molecule has 1 saturated carbocycles.